The van der Waals surface area contributed by atoms with Gasteiger partial charge in [0.1, 0.15) is 0 Å². The first-order chi connectivity index (χ1) is 11.0. The monoisotopic (exact) mass is 365 g/mol. The van der Waals surface area contributed by atoms with Crippen LogP contribution in [0, 0.1) is 0 Å². The molecule has 0 radical (unpaired) electrons. The first-order valence-electron chi connectivity index (χ1n) is 6.61. The number of hydrogen-bond acceptors (Lipinski definition) is 2. The molecular weight excluding hydrogens is 357 g/mol. The van der Waals surface area contributed by atoms with E-state index < -0.39 is 0 Å². The van der Waals surface area contributed by atoms with Crippen LogP contribution in [0.4, 0.5) is 5.69 Å². The highest BCUT2D eigenvalue weighted by Gasteiger charge is 2.12. The van der Waals surface area contributed by atoms with Crippen molar-refractivity contribution in [3.05, 3.63) is 75.5 Å². The summed E-state index contributed by atoms with van der Waals surface area (Å²) < 4.78 is 1.57. The van der Waals surface area contributed by atoms with Crippen LogP contribution in [-0.2, 0) is 0 Å². The topological polar surface area (TPSA) is 46.9 Å². The summed E-state index contributed by atoms with van der Waals surface area (Å²) in [5.41, 5.74) is 1.44. The molecule has 1 aromatic heterocycles. The number of aromatic nitrogens is 2. The van der Waals surface area contributed by atoms with Crippen LogP contribution < -0.4 is 5.32 Å². The zero-order valence-electron chi connectivity index (χ0n) is 11.6. The number of nitrogens with one attached hydrogen (secondary N) is 1. The summed E-state index contributed by atoms with van der Waals surface area (Å²) in [6.07, 6.45) is 1.68. The van der Waals surface area contributed by atoms with Crippen molar-refractivity contribution in [3.8, 4) is 5.69 Å². The highest BCUT2D eigenvalue weighted by Crippen LogP contribution is 2.25. The van der Waals surface area contributed by atoms with Gasteiger partial charge in [0.25, 0.3) is 5.91 Å². The zero-order valence-corrected chi connectivity index (χ0v) is 13.9. The van der Waals surface area contributed by atoms with Crippen LogP contribution in [0.3, 0.4) is 0 Å². The van der Waals surface area contributed by atoms with Crippen molar-refractivity contribution in [2.75, 3.05) is 5.32 Å². The molecule has 0 unspecified atom stereocenters. The van der Waals surface area contributed by atoms with Crippen LogP contribution in [0.2, 0.25) is 15.1 Å². The lowest BCUT2D eigenvalue weighted by Gasteiger charge is -2.06. The molecule has 23 heavy (non-hydrogen) atoms. The second kappa shape index (κ2) is 6.62. The van der Waals surface area contributed by atoms with Crippen LogP contribution in [0.15, 0.2) is 54.7 Å². The number of hydrogen-bond donors (Lipinski definition) is 1. The van der Waals surface area contributed by atoms with E-state index in [2.05, 4.69) is 10.4 Å². The number of benzene rings is 2. The Balaban J connectivity index is 1.82. The predicted molar refractivity (Wildman–Crippen MR) is 93.0 cm³/mol. The summed E-state index contributed by atoms with van der Waals surface area (Å²) in [4.78, 5) is 12.3. The molecule has 1 amide bonds. The Kier molecular flexibility index (Phi) is 4.57. The second-order valence-electron chi connectivity index (χ2n) is 4.70. The summed E-state index contributed by atoms with van der Waals surface area (Å²) in [7, 11) is 0. The number of carbonyl (C=O) groups is 1. The normalized spacial score (nSPS) is 10.6. The van der Waals surface area contributed by atoms with Crippen molar-refractivity contribution in [2.45, 2.75) is 0 Å². The van der Waals surface area contributed by atoms with Crippen LogP contribution in [-0.4, -0.2) is 15.7 Å². The second-order valence-corrected chi connectivity index (χ2v) is 5.98. The van der Waals surface area contributed by atoms with E-state index >= 15 is 0 Å². The van der Waals surface area contributed by atoms with Gasteiger partial charge in [-0.15, -0.1) is 0 Å². The van der Waals surface area contributed by atoms with Gasteiger partial charge in [0.05, 0.1) is 16.4 Å². The van der Waals surface area contributed by atoms with Gasteiger partial charge >= 0.3 is 0 Å². The lowest BCUT2D eigenvalue weighted by Crippen LogP contribution is -2.13. The van der Waals surface area contributed by atoms with E-state index in [9.17, 15) is 4.79 Å². The van der Waals surface area contributed by atoms with Gasteiger partial charge in [-0.25, -0.2) is 4.68 Å². The number of amides is 1. The summed E-state index contributed by atoms with van der Waals surface area (Å²) in [6, 6.07) is 13.6. The maximum atomic E-state index is 12.3. The van der Waals surface area contributed by atoms with Crippen molar-refractivity contribution in [1.82, 2.24) is 9.78 Å². The molecule has 0 saturated heterocycles. The standard InChI is InChI=1S/C16H10Cl3N3O/c17-10-2-1-3-12(8-10)22-7-6-14(21-22)16(23)20-15-9-11(18)4-5-13(15)19/h1-9H,(H,20,23). The van der Waals surface area contributed by atoms with Gasteiger partial charge in [0.2, 0.25) is 0 Å². The molecule has 0 saturated carbocycles. The van der Waals surface area contributed by atoms with E-state index in [1.807, 2.05) is 12.1 Å². The highest BCUT2D eigenvalue weighted by molar-refractivity contribution is 6.35. The van der Waals surface area contributed by atoms with Gasteiger partial charge in [-0.3, -0.25) is 4.79 Å². The Labute approximate surface area is 147 Å². The summed E-state index contributed by atoms with van der Waals surface area (Å²) >= 11 is 17.9. The third kappa shape index (κ3) is 3.67. The molecule has 0 spiro atoms. The average Bonchev–Trinajstić information content (AvgIpc) is 3.01. The zero-order chi connectivity index (χ0) is 16.4. The van der Waals surface area contributed by atoms with E-state index in [1.165, 1.54) is 0 Å². The predicted octanol–water partition coefficient (Wildman–Crippen LogP) is 5.08. The van der Waals surface area contributed by atoms with Crippen LogP contribution in [0.1, 0.15) is 10.5 Å². The fourth-order valence-electron chi connectivity index (χ4n) is 1.99. The van der Waals surface area contributed by atoms with Gasteiger partial charge in [-0.1, -0.05) is 40.9 Å². The summed E-state index contributed by atoms with van der Waals surface area (Å²) in [5.74, 6) is -0.380. The SMILES string of the molecule is O=C(Nc1cc(Cl)ccc1Cl)c1ccn(-c2cccc(Cl)c2)n1. The molecule has 0 aliphatic rings. The maximum absolute atomic E-state index is 12.3. The van der Waals surface area contributed by atoms with Gasteiger partial charge in [-0.05, 0) is 42.5 Å². The van der Waals surface area contributed by atoms with Crippen molar-refractivity contribution in [2.24, 2.45) is 0 Å². The molecule has 4 nitrogen and oxygen atoms in total. The Bertz CT molecular complexity index is 877. The van der Waals surface area contributed by atoms with E-state index in [-0.39, 0.29) is 11.6 Å². The molecule has 0 fully saturated rings. The third-order valence-electron chi connectivity index (χ3n) is 3.07. The fraction of sp³-hybridized carbons (Fsp3) is 0. The number of halogens is 3. The molecule has 0 bridgehead atoms. The molecule has 116 valence electrons. The van der Waals surface area contributed by atoms with Crippen molar-refractivity contribution < 1.29 is 4.79 Å². The minimum atomic E-state index is -0.380. The van der Waals surface area contributed by atoms with Crippen LogP contribution in [0.25, 0.3) is 5.69 Å². The smallest absolute Gasteiger partial charge is 0.276 e. The maximum Gasteiger partial charge on any atom is 0.276 e. The average molecular weight is 367 g/mol. The Morgan fingerprint density at radius 2 is 1.78 bits per heavy atom. The Hall–Kier alpha value is -2.01. The minimum Gasteiger partial charge on any atom is -0.319 e. The summed E-state index contributed by atoms with van der Waals surface area (Å²) in [5, 5.41) is 8.40. The van der Waals surface area contributed by atoms with E-state index in [0.717, 1.165) is 5.69 Å². The quantitative estimate of drug-likeness (QED) is 0.702. The molecule has 1 heterocycles. The first kappa shape index (κ1) is 15.9. The number of nitrogens with zero attached hydrogens (tertiary/aromatic N) is 2. The lowest BCUT2D eigenvalue weighted by atomic mass is 10.3. The van der Waals surface area contributed by atoms with Crippen molar-refractivity contribution in [1.29, 1.82) is 0 Å². The van der Waals surface area contributed by atoms with Gasteiger partial charge in [0.15, 0.2) is 5.69 Å². The third-order valence-corrected chi connectivity index (χ3v) is 3.87. The molecular formula is C16H10Cl3N3O. The van der Waals surface area contributed by atoms with E-state index in [0.29, 0.717) is 20.8 Å². The first-order valence-corrected chi connectivity index (χ1v) is 7.74. The van der Waals surface area contributed by atoms with E-state index in [4.69, 9.17) is 34.8 Å². The van der Waals surface area contributed by atoms with Gasteiger partial charge in [-0.2, -0.15) is 5.10 Å². The minimum absolute atomic E-state index is 0.251. The molecule has 3 rings (SSSR count). The van der Waals surface area contributed by atoms with Gasteiger partial charge in [0, 0.05) is 16.2 Å². The van der Waals surface area contributed by atoms with Crippen molar-refractivity contribution in [3.63, 3.8) is 0 Å². The number of carbonyl (C=O) groups excluding carboxylic acids is 1. The molecule has 7 heteroatoms. The molecule has 1 N–H and O–H groups in total. The molecule has 0 aliphatic carbocycles. The molecule has 3 aromatic rings. The molecule has 0 aliphatic heterocycles. The number of rotatable bonds is 3. The lowest BCUT2D eigenvalue weighted by molar-refractivity contribution is 0.102. The highest BCUT2D eigenvalue weighted by atomic mass is 35.5. The fourth-order valence-corrected chi connectivity index (χ4v) is 2.51. The number of anilines is 1. The van der Waals surface area contributed by atoms with E-state index in [1.54, 1.807) is 47.3 Å². The van der Waals surface area contributed by atoms with Gasteiger partial charge < -0.3 is 5.32 Å². The molecule has 2 aromatic carbocycles. The Morgan fingerprint density at radius 3 is 2.57 bits per heavy atom. The molecule has 0 atom stereocenters. The summed E-state index contributed by atoms with van der Waals surface area (Å²) in [6.45, 7) is 0. The van der Waals surface area contributed by atoms with Crippen LogP contribution in [0.5, 0.6) is 0 Å². The Morgan fingerprint density at radius 1 is 1.00 bits per heavy atom. The largest absolute Gasteiger partial charge is 0.319 e. The van der Waals surface area contributed by atoms with Crippen molar-refractivity contribution >= 4 is 46.4 Å². The van der Waals surface area contributed by atoms with Crippen LogP contribution >= 0.6 is 34.8 Å².